The highest BCUT2D eigenvalue weighted by atomic mass is 15.1. The van der Waals surface area contributed by atoms with Crippen molar-refractivity contribution in [1.29, 1.82) is 0 Å². The lowest BCUT2D eigenvalue weighted by Gasteiger charge is -2.36. The highest BCUT2D eigenvalue weighted by Gasteiger charge is 2.40. The van der Waals surface area contributed by atoms with Crippen LogP contribution in [-0.4, -0.2) is 15.0 Å². The van der Waals surface area contributed by atoms with Crippen LogP contribution in [0.2, 0.25) is 0 Å². The SMILES string of the molecule is N[C@]1(c2ccc3c(ccc4ccccc43)c2)Cc2ccccc2N=C1n1c2ccc(-n3c4ccccc4c4ccc5ccccc5c43)cc2c2c3ccccc3ccc21. The van der Waals surface area contributed by atoms with Crippen molar-refractivity contribution in [3.8, 4) is 5.69 Å². The van der Waals surface area contributed by atoms with Crippen LogP contribution in [0.5, 0.6) is 0 Å². The van der Waals surface area contributed by atoms with E-state index in [1.807, 2.05) is 0 Å². The number of para-hydroxylation sites is 2. The van der Waals surface area contributed by atoms with Gasteiger partial charge in [0.2, 0.25) is 0 Å². The van der Waals surface area contributed by atoms with E-state index in [1.165, 1.54) is 70.3 Å². The standard InChI is InChI=1S/C55H36N4/c56-55(39-25-28-42-37(31-39)22-21-34-11-1-5-15-41(34)42)33-38-14-4-9-19-48(38)57-54(55)59-50-30-26-40(32-47(50)52-43-16-6-2-12-35(43)24-29-51(52)59)58-49-20-10-8-18-45(49)46-27-23-36-13-3-7-17-44(36)53(46)58/h1-32H,33,56H2/t55-/m0/s1. The average molecular weight is 753 g/mol. The van der Waals surface area contributed by atoms with E-state index in [2.05, 4.69) is 203 Å². The Labute approximate surface area is 339 Å². The van der Waals surface area contributed by atoms with Gasteiger partial charge in [0.05, 0.1) is 27.8 Å². The molecule has 1 aliphatic rings. The number of fused-ring (bicyclic) bond motifs is 14. The lowest BCUT2D eigenvalue weighted by Crippen LogP contribution is -2.51. The summed E-state index contributed by atoms with van der Waals surface area (Å²) in [4.78, 5) is 5.57. The molecule has 0 saturated carbocycles. The van der Waals surface area contributed by atoms with Crippen LogP contribution in [0.25, 0.3) is 92.4 Å². The molecule has 1 aliphatic heterocycles. The zero-order valence-corrected chi connectivity index (χ0v) is 32.1. The first-order valence-corrected chi connectivity index (χ1v) is 20.4. The van der Waals surface area contributed by atoms with Gasteiger partial charge in [0.15, 0.2) is 0 Å². The summed E-state index contributed by atoms with van der Waals surface area (Å²) in [6.07, 6.45) is 0.613. The first-order valence-electron chi connectivity index (χ1n) is 20.4. The Hall–Kier alpha value is -7.53. The van der Waals surface area contributed by atoms with E-state index in [9.17, 15) is 0 Å². The molecule has 0 saturated heterocycles. The van der Waals surface area contributed by atoms with Gasteiger partial charge >= 0.3 is 0 Å². The Morgan fingerprint density at radius 3 is 1.88 bits per heavy atom. The number of benzene rings is 10. The van der Waals surface area contributed by atoms with Gasteiger partial charge in [-0.15, -0.1) is 0 Å². The third kappa shape index (κ3) is 4.55. The molecule has 2 N–H and O–H groups in total. The molecular formula is C55H36N4. The van der Waals surface area contributed by atoms with Crippen molar-refractivity contribution in [3.05, 3.63) is 205 Å². The van der Waals surface area contributed by atoms with Gasteiger partial charge in [-0.05, 0) is 91.3 Å². The number of rotatable bonds is 2. The first-order chi connectivity index (χ1) is 29.1. The minimum atomic E-state index is -0.941. The Bertz CT molecular complexity index is 3790. The van der Waals surface area contributed by atoms with Gasteiger partial charge < -0.3 is 10.3 Å². The van der Waals surface area contributed by atoms with Crippen LogP contribution in [-0.2, 0) is 12.0 Å². The summed E-state index contributed by atoms with van der Waals surface area (Å²) in [6.45, 7) is 0. The second-order valence-corrected chi connectivity index (χ2v) is 16.2. The van der Waals surface area contributed by atoms with Crippen LogP contribution in [0.3, 0.4) is 0 Å². The van der Waals surface area contributed by atoms with E-state index in [0.717, 1.165) is 44.8 Å². The Morgan fingerprint density at radius 1 is 0.424 bits per heavy atom. The van der Waals surface area contributed by atoms with E-state index in [-0.39, 0.29) is 0 Å². The van der Waals surface area contributed by atoms with Gasteiger partial charge in [0, 0.05) is 39.0 Å². The smallest absolute Gasteiger partial charge is 0.139 e. The molecule has 276 valence electrons. The molecular weight excluding hydrogens is 717 g/mol. The fourth-order valence-electron chi connectivity index (χ4n) is 10.3. The second kappa shape index (κ2) is 12.0. The van der Waals surface area contributed by atoms with Crippen molar-refractivity contribution in [1.82, 2.24) is 9.13 Å². The normalized spacial score (nSPS) is 15.6. The third-order valence-corrected chi connectivity index (χ3v) is 13.0. The van der Waals surface area contributed by atoms with Gasteiger partial charge in [0.25, 0.3) is 0 Å². The lowest BCUT2D eigenvalue weighted by atomic mass is 9.80. The first kappa shape index (κ1) is 32.5. The topological polar surface area (TPSA) is 48.2 Å². The highest BCUT2D eigenvalue weighted by Crippen LogP contribution is 2.44. The predicted molar refractivity (Wildman–Crippen MR) is 249 cm³/mol. The van der Waals surface area contributed by atoms with Gasteiger partial charge in [0.1, 0.15) is 11.4 Å². The van der Waals surface area contributed by atoms with Gasteiger partial charge in [-0.1, -0.05) is 152 Å². The number of aliphatic imine (C=N–C) groups is 1. The summed E-state index contributed by atoms with van der Waals surface area (Å²) in [6, 6.07) is 70.5. The molecule has 0 unspecified atom stereocenters. The molecule has 13 rings (SSSR count). The zero-order valence-electron chi connectivity index (χ0n) is 32.1. The minimum absolute atomic E-state index is 0.613. The van der Waals surface area contributed by atoms with Crippen molar-refractivity contribution in [2.45, 2.75) is 12.0 Å². The molecule has 0 fully saturated rings. The summed E-state index contributed by atoms with van der Waals surface area (Å²) in [5, 5.41) is 14.6. The maximum absolute atomic E-state index is 7.96. The van der Waals surface area contributed by atoms with Crippen LogP contribution >= 0.6 is 0 Å². The molecule has 12 aromatic rings. The largest absolute Gasteiger partial charge is 0.315 e. The maximum atomic E-state index is 7.96. The van der Waals surface area contributed by atoms with E-state index in [4.69, 9.17) is 10.7 Å². The quantitative estimate of drug-likeness (QED) is 0.176. The number of hydrogen-bond acceptors (Lipinski definition) is 2. The fourth-order valence-corrected chi connectivity index (χ4v) is 10.3. The molecule has 4 heteroatoms. The molecule has 10 aromatic carbocycles. The Balaban J connectivity index is 1.12. The minimum Gasteiger partial charge on any atom is -0.315 e. The van der Waals surface area contributed by atoms with Crippen molar-refractivity contribution in [2.24, 2.45) is 10.7 Å². The lowest BCUT2D eigenvalue weighted by molar-refractivity contribution is 0.577. The molecule has 2 aromatic heterocycles. The van der Waals surface area contributed by atoms with Crippen molar-refractivity contribution < 1.29 is 0 Å². The van der Waals surface area contributed by atoms with Crippen molar-refractivity contribution in [3.63, 3.8) is 0 Å². The summed E-state index contributed by atoms with van der Waals surface area (Å²) < 4.78 is 4.82. The molecule has 0 amide bonds. The molecule has 0 bridgehead atoms. The van der Waals surface area contributed by atoms with Crippen LogP contribution < -0.4 is 5.73 Å². The number of nitrogens with two attached hydrogens (primary N) is 1. The van der Waals surface area contributed by atoms with Crippen LogP contribution in [0.4, 0.5) is 5.69 Å². The molecule has 59 heavy (non-hydrogen) atoms. The molecule has 0 aliphatic carbocycles. The second-order valence-electron chi connectivity index (χ2n) is 16.2. The maximum Gasteiger partial charge on any atom is 0.139 e. The van der Waals surface area contributed by atoms with Gasteiger partial charge in [-0.25, -0.2) is 4.99 Å². The molecule has 1 atom stereocenters. The predicted octanol–water partition coefficient (Wildman–Crippen LogP) is 13.5. The van der Waals surface area contributed by atoms with E-state index < -0.39 is 5.54 Å². The number of nitrogens with zero attached hydrogens (tertiary/aromatic N) is 3. The summed E-state index contributed by atoms with van der Waals surface area (Å²) in [7, 11) is 0. The monoisotopic (exact) mass is 752 g/mol. The summed E-state index contributed by atoms with van der Waals surface area (Å²) in [5.74, 6) is 0.822. The van der Waals surface area contributed by atoms with E-state index >= 15 is 0 Å². The van der Waals surface area contributed by atoms with Crippen LogP contribution in [0, 0.1) is 0 Å². The summed E-state index contributed by atoms with van der Waals surface area (Å²) in [5.41, 5.74) is 15.8. The van der Waals surface area contributed by atoms with Crippen LogP contribution in [0.15, 0.2) is 199 Å². The third-order valence-electron chi connectivity index (χ3n) is 13.0. The van der Waals surface area contributed by atoms with E-state index in [0.29, 0.717) is 6.42 Å². The van der Waals surface area contributed by atoms with Crippen LogP contribution in [0.1, 0.15) is 11.1 Å². The Morgan fingerprint density at radius 2 is 1.02 bits per heavy atom. The molecule has 0 radical (unpaired) electrons. The Kier molecular flexibility index (Phi) is 6.62. The molecule has 3 heterocycles. The van der Waals surface area contributed by atoms with E-state index in [1.54, 1.807) is 0 Å². The van der Waals surface area contributed by atoms with Crippen molar-refractivity contribution >= 4 is 98.2 Å². The average Bonchev–Trinajstić information content (AvgIpc) is 3.81. The fraction of sp³-hybridized carbons (Fsp3) is 0.0364. The van der Waals surface area contributed by atoms with Gasteiger partial charge in [-0.2, -0.15) is 0 Å². The number of hydrogen-bond donors (Lipinski definition) is 1. The zero-order chi connectivity index (χ0) is 38.8. The summed E-state index contributed by atoms with van der Waals surface area (Å²) >= 11 is 0. The number of aromatic nitrogens is 2. The highest BCUT2D eigenvalue weighted by molar-refractivity contribution is 6.26. The van der Waals surface area contributed by atoms with Gasteiger partial charge in [-0.3, -0.25) is 4.57 Å². The van der Waals surface area contributed by atoms with Crippen molar-refractivity contribution in [2.75, 3.05) is 0 Å². The molecule has 0 spiro atoms. The molecule has 4 nitrogen and oxygen atoms in total.